The molecule has 0 spiro atoms. The van der Waals surface area contributed by atoms with E-state index in [-0.39, 0.29) is 16.7 Å². The molecule has 3 aromatic rings. The van der Waals surface area contributed by atoms with E-state index in [4.69, 9.17) is 11.6 Å². The minimum Gasteiger partial charge on any atom is -0.313 e. The summed E-state index contributed by atoms with van der Waals surface area (Å²) in [6.07, 6.45) is 0.912. The summed E-state index contributed by atoms with van der Waals surface area (Å²) in [6.45, 7) is 2.08. The molecule has 0 heterocycles. The maximum atomic E-state index is 14.1. The van der Waals surface area contributed by atoms with Crippen LogP contribution in [0.25, 0.3) is 11.1 Å². The van der Waals surface area contributed by atoms with Gasteiger partial charge in [-0.05, 0) is 60.5 Å². The maximum Gasteiger partial charge on any atom is 0.182 e. The molecule has 29 heavy (non-hydrogen) atoms. The highest BCUT2D eigenvalue weighted by Gasteiger charge is 2.17. The molecular weight excluding hydrogens is 409 g/mol. The quantitative estimate of drug-likeness (QED) is 0.515. The first-order valence-corrected chi connectivity index (χ1v) is 11.4. The monoisotopic (exact) mass is 431 g/mol. The molecule has 3 rings (SSSR count). The van der Waals surface area contributed by atoms with Crippen molar-refractivity contribution < 1.29 is 12.8 Å². The summed E-state index contributed by atoms with van der Waals surface area (Å²) >= 11 is 5.79. The number of hydrogen-bond donors (Lipinski definition) is 1. The van der Waals surface area contributed by atoms with Crippen LogP contribution in [0.4, 0.5) is 4.39 Å². The Balaban J connectivity index is 1.84. The van der Waals surface area contributed by atoms with Crippen LogP contribution in [0.1, 0.15) is 30.5 Å². The van der Waals surface area contributed by atoms with Crippen LogP contribution in [-0.4, -0.2) is 15.5 Å². The molecule has 1 N–H and O–H groups in total. The zero-order valence-corrected chi connectivity index (χ0v) is 17.9. The second-order valence-electron chi connectivity index (χ2n) is 6.90. The van der Waals surface area contributed by atoms with Gasteiger partial charge in [0.1, 0.15) is 5.82 Å². The fourth-order valence-corrected chi connectivity index (χ4v) is 4.87. The highest BCUT2D eigenvalue weighted by molar-refractivity contribution is 7.90. The lowest BCUT2D eigenvalue weighted by Gasteiger charge is -2.15. The van der Waals surface area contributed by atoms with E-state index in [0.29, 0.717) is 16.1 Å². The minimum absolute atomic E-state index is 0.0877. The van der Waals surface area contributed by atoms with E-state index in [1.807, 2.05) is 31.3 Å². The van der Waals surface area contributed by atoms with E-state index in [9.17, 15) is 12.8 Å². The molecule has 0 fully saturated rings. The molecule has 0 bridgehead atoms. The third-order valence-electron chi connectivity index (χ3n) is 4.92. The molecule has 3 nitrogen and oxygen atoms in total. The molecule has 0 radical (unpaired) electrons. The molecule has 1 atom stereocenters. The maximum absolute atomic E-state index is 14.1. The van der Waals surface area contributed by atoms with Gasteiger partial charge in [0, 0.05) is 16.6 Å². The van der Waals surface area contributed by atoms with Gasteiger partial charge < -0.3 is 5.32 Å². The van der Waals surface area contributed by atoms with Gasteiger partial charge >= 0.3 is 0 Å². The van der Waals surface area contributed by atoms with Gasteiger partial charge in [0.25, 0.3) is 0 Å². The molecule has 3 aromatic carbocycles. The number of benzene rings is 3. The molecule has 152 valence electrons. The first-order chi connectivity index (χ1) is 13.8. The van der Waals surface area contributed by atoms with Gasteiger partial charge in [0.05, 0.1) is 10.6 Å². The zero-order chi connectivity index (χ0) is 21.0. The number of rotatable bonds is 7. The second-order valence-corrected chi connectivity index (χ2v) is 9.33. The smallest absolute Gasteiger partial charge is 0.182 e. The lowest BCUT2D eigenvalue weighted by molar-refractivity contribution is 0.576. The Kier molecular flexibility index (Phi) is 6.73. The summed E-state index contributed by atoms with van der Waals surface area (Å²) in [7, 11) is -1.63. The topological polar surface area (TPSA) is 46.2 Å². The van der Waals surface area contributed by atoms with Crippen LogP contribution in [0.15, 0.2) is 71.6 Å². The van der Waals surface area contributed by atoms with Gasteiger partial charge in [-0.15, -0.1) is 0 Å². The largest absolute Gasteiger partial charge is 0.313 e. The van der Waals surface area contributed by atoms with Crippen molar-refractivity contribution in [2.24, 2.45) is 0 Å². The SMILES string of the molecule is CCC(NC)c1cccc(CS(=O)(=O)c2ccc(-c3ccc(Cl)cc3F)cc2)c1. The van der Waals surface area contributed by atoms with Gasteiger partial charge in [-0.1, -0.05) is 54.9 Å². The standard InChI is InChI=1S/C23H23ClFNO2S/c1-3-23(26-2)18-6-4-5-16(13-18)15-29(27,28)20-10-7-17(8-11-20)21-12-9-19(24)14-22(21)25/h4-14,23,26H,3,15H2,1-2H3. The van der Waals surface area contributed by atoms with Gasteiger partial charge in [0.2, 0.25) is 0 Å². The van der Waals surface area contributed by atoms with Crippen LogP contribution in [0.2, 0.25) is 5.02 Å². The van der Waals surface area contributed by atoms with Gasteiger partial charge in [0.15, 0.2) is 9.84 Å². The van der Waals surface area contributed by atoms with Crippen molar-refractivity contribution in [1.82, 2.24) is 5.32 Å². The molecule has 6 heteroatoms. The summed E-state index contributed by atoms with van der Waals surface area (Å²) in [5.74, 6) is -0.532. The van der Waals surface area contributed by atoms with Crippen LogP contribution in [0.5, 0.6) is 0 Å². The molecule has 0 aliphatic rings. The fraction of sp³-hybridized carbons (Fsp3) is 0.217. The molecule has 0 saturated carbocycles. The Morgan fingerprint density at radius 1 is 1.03 bits per heavy atom. The van der Waals surface area contributed by atoms with Crippen molar-refractivity contribution in [2.75, 3.05) is 7.05 Å². The normalized spacial score (nSPS) is 12.7. The Hall–Kier alpha value is -2.21. The lowest BCUT2D eigenvalue weighted by atomic mass is 10.0. The molecule has 0 aromatic heterocycles. The van der Waals surface area contributed by atoms with Crippen LogP contribution in [0, 0.1) is 5.82 Å². The van der Waals surface area contributed by atoms with Crippen LogP contribution in [-0.2, 0) is 15.6 Å². The van der Waals surface area contributed by atoms with E-state index < -0.39 is 15.7 Å². The third kappa shape index (κ3) is 5.04. The molecule has 0 aliphatic carbocycles. The van der Waals surface area contributed by atoms with Crippen molar-refractivity contribution >= 4 is 21.4 Å². The second kappa shape index (κ2) is 9.08. The van der Waals surface area contributed by atoms with Crippen molar-refractivity contribution in [3.05, 3.63) is 88.7 Å². The number of sulfone groups is 1. The molecule has 0 amide bonds. The first kappa shape index (κ1) is 21.5. The molecule has 0 saturated heterocycles. The Morgan fingerprint density at radius 3 is 2.38 bits per heavy atom. The van der Waals surface area contributed by atoms with E-state index in [2.05, 4.69) is 12.2 Å². The van der Waals surface area contributed by atoms with Crippen LogP contribution < -0.4 is 5.32 Å². The first-order valence-electron chi connectivity index (χ1n) is 9.38. The number of hydrogen-bond acceptors (Lipinski definition) is 3. The van der Waals surface area contributed by atoms with Crippen LogP contribution >= 0.6 is 11.6 Å². The zero-order valence-electron chi connectivity index (χ0n) is 16.3. The predicted molar refractivity (Wildman–Crippen MR) is 116 cm³/mol. The third-order valence-corrected chi connectivity index (χ3v) is 6.86. The van der Waals surface area contributed by atoms with Crippen molar-refractivity contribution in [2.45, 2.75) is 30.0 Å². The highest BCUT2D eigenvalue weighted by Crippen LogP contribution is 2.27. The van der Waals surface area contributed by atoms with E-state index in [1.165, 1.54) is 18.2 Å². The van der Waals surface area contributed by atoms with E-state index in [1.54, 1.807) is 24.3 Å². The highest BCUT2D eigenvalue weighted by atomic mass is 35.5. The Labute approximate surface area is 176 Å². The molecule has 1 unspecified atom stereocenters. The van der Waals surface area contributed by atoms with Gasteiger partial charge in [-0.3, -0.25) is 0 Å². The summed E-state index contributed by atoms with van der Waals surface area (Å²) in [4.78, 5) is 0.210. The summed E-state index contributed by atoms with van der Waals surface area (Å²) in [6, 6.07) is 18.5. The average Bonchev–Trinajstić information content (AvgIpc) is 2.69. The molecular formula is C23H23ClFNO2S. The van der Waals surface area contributed by atoms with Crippen molar-refractivity contribution in [3.8, 4) is 11.1 Å². The fourth-order valence-electron chi connectivity index (χ4n) is 3.37. The average molecular weight is 432 g/mol. The number of halogens is 2. The van der Waals surface area contributed by atoms with E-state index in [0.717, 1.165) is 17.5 Å². The lowest BCUT2D eigenvalue weighted by Crippen LogP contribution is -2.15. The Bertz CT molecular complexity index is 1090. The Morgan fingerprint density at radius 2 is 1.76 bits per heavy atom. The van der Waals surface area contributed by atoms with E-state index >= 15 is 0 Å². The van der Waals surface area contributed by atoms with Gasteiger partial charge in [-0.25, -0.2) is 12.8 Å². The van der Waals surface area contributed by atoms with Crippen molar-refractivity contribution in [3.63, 3.8) is 0 Å². The molecule has 0 aliphatic heterocycles. The minimum atomic E-state index is -3.52. The summed E-state index contributed by atoms with van der Waals surface area (Å²) in [5, 5.41) is 3.55. The summed E-state index contributed by atoms with van der Waals surface area (Å²) in [5.41, 5.74) is 2.78. The summed E-state index contributed by atoms with van der Waals surface area (Å²) < 4.78 is 39.9. The van der Waals surface area contributed by atoms with Gasteiger partial charge in [-0.2, -0.15) is 0 Å². The van der Waals surface area contributed by atoms with Crippen LogP contribution in [0.3, 0.4) is 0 Å². The van der Waals surface area contributed by atoms with Crippen molar-refractivity contribution in [1.29, 1.82) is 0 Å². The number of nitrogens with one attached hydrogen (secondary N) is 1. The predicted octanol–water partition coefficient (Wildman–Crippen LogP) is 5.79.